The monoisotopic (exact) mass is 277 g/mol. The summed E-state index contributed by atoms with van der Waals surface area (Å²) in [6, 6.07) is 8.05. The highest BCUT2D eigenvalue weighted by Gasteiger charge is 2.36. The second-order valence-corrected chi connectivity index (χ2v) is 5.51. The van der Waals surface area contributed by atoms with Crippen LogP contribution in [0, 0.1) is 0 Å². The number of carbonyl (C=O) groups is 1. The number of aliphatic carboxylic acids is 1. The second kappa shape index (κ2) is 6.27. The van der Waals surface area contributed by atoms with Gasteiger partial charge in [-0.25, -0.2) is 0 Å². The van der Waals surface area contributed by atoms with Crippen LogP contribution in [0.1, 0.15) is 38.2 Å². The summed E-state index contributed by atoms with van der Waals surface area (Å²) in [4.78, 5) is 13.5. The Morgan fingerprint density at radius 3 is 2.60 bits per heavy atom. The highest BCUT2D eigenvalue weighted by atomic mass is 16.5. The van der Waals surface area contributed by atoms with Crippen LogP contribution in [-0.2, 0) is 4.79 Å². The standard InChI is InChI=1S/C16H23NO3/c1-4-15(16(18)19)17-10-13(9-11(17)2)12-5-7-14(20-3)8-6-12/h5-8,11,13,15H,4,9-10H2,1-3H3,(H,18,19)/t11-,13-,15+/m0/s1. The number of benzene rings is 1. The van der Waals surface area contributed by atoms with Crippen molar-refractivity contribution in [1.82, 2.24) is 4.90 Å². The maximum Gasteiger partial charge on any atom is 0.320 e. The average Bonchev–Trinajstić information content (AvgIpc) is 2.81. The van der Waals surface area contributed by atoms with Gasteiger partial charge in [0.2, 0.25) is 0 Å². The molecule has 0 saturated carbocycles. The summed E-state index contributed by atoms with van der Waals surface area (Å²) in [7, 11) is 1.66. The van der Waals surface area contributed by atoms with Crippen molar-refractivity contribution in [2.24, 2.45) is 0 Å². The maximum absolute atomic E-state index is 11.3. The van der Waals surface area contributed by atoms with Crippen molar-refractivity contribution in [1.29, 1.82) is 0 Å². The lowest BCUT2D eigenvalue weighted by Crippen LogP contribution is -2.42. The van der Waals surface area contributed by atoms with E-state index < -0.39 is 5.97 Å². The molecule has 1 heterocycles. The van der Waals surface area contributed by atoms with Crippen LogP contribution in [-0.4, -0.2) is 41.7 Å². The van der Waals surface area contributed by atoms with Gasteiger partial charge in [-0.05, 0) is 43.4 Å². The van der Waals surface area contributed by atoms with E-state index in [1.807, 2.05) is 19.1 Å². The average molecular weight is 277 g/mol. The maximum atomic E-state index is 11.3. The van der Waals surface area contributed by atoms with Crippen LogP contribution in [0.3, 0.4) is 0 Å². The van der Waals surface area contributed by atoms with Gasteiger partial charge in [-0.15, -0.1) is 0 Å². The van der Waals surface area contributed by atoms with E-state index in [0.717, 1.165) is 18.7 Å². The molecule has 1 aromatic carbocycles. The Balaban J connectivity index is 2.11. The fraction of sp³-hybridized carbons (Fsp3) is 0.562. The molecule has 1 aromatic rings. The number of likely N-dealkylation sites (tertiary alicyclic amines) is 1. The Morgan fingerprint density at radius 1 is 1.45 bits per heavy atom. The van der Waals surface area contributed by atoms with Crippen molar-refractivity contribution in [3.63, 3.8) is 0 Å². The molecule has 0 aliphatic carbocycles. The predicted octanol–water partition coefficient (Wildman–Crippen LogP) is 2.74. The Bertz CT molecular complexity index is 457. The van der Waals surface area contributed by atoms with Crippen molar-refractivity contribution < 1.29 is 14.6 Å². The summed E-state index contributed by atoms with van der Waals surface area (Å²) in [6.45, 7) is 4.87. The van der Waals surface area contributed by atoms with Crippen molar-refractivity contribution in [2.75, 3.05) is 13.7 Å². The molecule has 1 aliphatic heterocycles. The van der Waals surface area contributed by atoms with Crippen molar-refractivity contribution in [3.8, 4) is 5.75 Å². The SMILES string of the molecule is CC[C@H](C(=O)O)N1C[C@@H](c2ccc(OC)cc2)C[C@@H]1C. The highest BCUT2D eigenvalue weighted by Crippen LogP contribution is 2.34. The minimum absolute atomic E-state index is 0.308. The van der Waals surface area contributed by atoms with Crippen molar-refractivity contribution in [2.45, 2.75) is 44.7 Å². The number of ether oxygens (including phenoxy) is 1. The van der Waals surface area contributed by atoms with Crippen molar-refractivity contribution >= 4 is 5.97 Å². The van der Waals surface area contributed by atoms with Gasteiger partial charge in [-0.1, -0.05) is 19.1 Å². The number of carboxylic acid groups (broad SMARTS) is 1. The van der Waals surface area contributed by atoms with Gasteiger partial charge in [0, 0.05) is 12.6 Å². The molecule has 0 radical (unpaired) electrons. The number of hydrogen-bond donors (Lipinski definition) is 1. The van der Waals surface area contributed by atoms with Gasteiger partial charge in [0.1, 0.15) is 11.8 Å². The molecule has 1 aliphatic rings. The molecule has 2 rings (SSSR count). The lowest BCUT2D eigenvalue weighted by Gasteiger charge is -2.27. The summed E-state index contributed by atoms with van der Waals surface area (Å²) >= 11 is 0. The van der Waals surface area contributed by atoms with Gasteiger partial charge in [0.05, 0.1) is 7.11 Å². The number of hydrogen-bond acceptors (Lipinski definition) is 3. The Morgan fingerprint density at radius 2 is 2.10 bits per heavy atom. The second-order valence-electron chi connectivity index (χ2n) is 5.51. The summed E-state index contributed by atoms with van der Waals surface area (Å²) < 4.78 is 5.17. The summed E-state index contributed by atoms with van der Waals surface area (Å²) in [5, 5.41) is 9.32. The molecule has 0 spiro atoms. The number of rotatable bonds is 5. The summed E-state index contributed by atoms with van der Waals surface area (Å²) in [6.07, 6.45) is 1.66. The van der Waals surface area contributed by atoms with E-state index in [-0.39, 0.29) is 6.04 Å². The minimum atomic E-state index is -0.713. The first-order chi connectivity index (χ1) is 9.56. The molecule has 20 heavy (non-hydrogen) atoms. The molecule has 1 fully saturated rings. The molecular formula is C16H23NO3. The third-order valence-corrected chi connectivity index (χ3v) is 4.28. The number of nitrogens with zero attached hydrogens (tertiary/aromatic N) is 1. The third-order valence-electron chi connectivity index (χ3n) is 4.28. The zero-order valence-electron chi connectivity index (χ0n) is 12.4. The van der Waals surface area contributed by atoms with Crippen LogP contribution >= 0.6 is 0 Å². The predicted molar refractivity (Wildman–Crippen MR) is 78.2 cm³/mol. The van der Waals surface area contributed by atoms with Crippen LogP contribution in [0.4, 0.5) is 0 Å². The molecule has 3 atom stereocenters. The van der Waals surface area contributed by atoms with Crippen LogP contribution < -0.4 is 4.74 Å². The quantitative estimate of drug-likeness (QED) is 0.899. The molecule has 1 N–H and O–H groups in total. The van der Waals surface area contributed by atoms with Gasteiger partial charge in [0.25, 0.3) is 0 Å². The zero-order chi connectivity index (χ0) is 14.7. The van der Waals surface area contributed by atoms with E-state index in [0.29, 0.717) is 18.4 Å². The van der Waals surface area contributed by atoms with E-state index >= 15 is 0 Å². The third kappa shape index (κ3) is 2.96. The van der Waals surface area contributed by atoms with Crippen LogP contribution in [0.2, 0.25) is 0 Å². The fourth-order valence-electron chi connectivity index (χ4n) is 3.16. The summed E-state index contributed by atoms with van der Waals surface area (Å²) in [5.74, 6) is 0.549. The van der Waals surface area contributed by atoms with E-state index in [9.17, 15) is 9.90 Å². The molecule has 1 saturated heterocycles. The highest BCUT2D eigenvalue weighted by molar-refractivity contribution is 5.73. The van der Waals surface area contributed by atoms with Gasteiger partial charge >= 0.3 is 5.97 Å². The van der Waals surface area contributed by atoms with Gasteiger partial charge in [-0.3, -0.25) is 9.69 Å². The molecule has 0 unspecified atom stereocenters. The lowest BCUT2D eigenvalue weighted by atomic mass is 9.97. The molecule has 110 valence electrons. The van der Waals surface area contributed by atoms with E-state index in [4.69, 9.17) is 4.74 Å². The Hall–Kier alpha value is -1.55. The number of carboxylic acids is 1. The normalized spacial score (nSPS) is 24.6. The topological polar surface area (TPSA) is 49.8 Å². The van der Waals surface area contributed by atoms with Crippen molar-refractivity contribution in [3.05, 3.63) is 29.8 Å². The van der Waals surface area contributed by atoms with Crippen LogP contribution in [0.15, 0.2) is 24.3 Å². The van der Waals surface area contributed by atoms with Gasteiger partial charge in [0.15, 0.2) is 0 Å². The minimum Gasteiger partial charge on any atom is -0.497 e. The first-order valence-electron chi connectivity index (χ1n) is 7.19. The molecule has 0 aromatic heterocycles. The summed E-state index contributed by atoms with van der Waals surface area (Å²) in [5.41, 5.74) is 1.26. The largest absolute Gasteiger partial charge is 0.497 e. The molecule has 4 nitrogen and oxygen atoms in total. The van der Waals surface area contributed by atoms with E-state index in [2.05, 4.69) is 24.0 Å². The smallest absolute Gasteiger partial charge is 0.320 e. The fourth-order valence-corrected chi connectivity index (χ4v) is 3.16. The van der Waals surface area contributed by atoms with E-state index in [1.165, 1.54) is 5.56 Å². The van der Waals surface area contributed by atoms with E-state index in [1.54, 1.807) is 7.11 Å². The Labute approximate surface area is 120 Å². The molecule has 0 amide bonds. The first kappa shape index (κ1) is 14.9. The molecular weight excluding hydrogens is 254 g/mol. The van der Waals surface area contributed by atoms with Gasteiger partial charge < -0.3 is 9.84 Å². The molecule has 4 heteroatoms. The van der Waals surface area contributed by atoms with Gasteiger partial charge in [-0.2, -0.15) is 0 Å². The van der Waals surface area contributed by atoms with Crippen LogP contribution in [0.25, 0.3) is 0 Å². The number of methoxy groups -OCH3 is 1. The lowest BCUT2D eigenvalue weighted by molar-refractivity contribution is -0.143. The Kier molecular flexibility index (Phi) is 4.65. The van der Waals surface area contributed by atoms with Crippen LogP contribution in [0.5, 0.6) is 5.75 Å². The molecule has 0 bridgehead atoms. The zero-order valence-corrected chi connectivity index (χ0v) is 12.4. The first-order valence-corrected chi connectivity index (χ1v) is 7.19.